The SMILES string of the molecule is CCCc1nn(C)c2c(=O)[nH]c(-c3cc(S(=O)(=O)N4CCCCC(CC(=O)Oc5ccc(-c6cc(=S)ss6)cc5)CCC4)ccc3OCC)nc12. The molecular formula is C36H41N5O6S4. The van der Waals surface area contributed by atoms with Crippen LogP contribution in [-0.2, 0) is 28.3 Å². The second-order valence-electron chi connectivity index (χ2n) is 12.6. The van der Waals surface area contributed by atoms with Crippen molar-refractivity contribution in [1.29, 1.82) is 0 Å². The lowest BCUT2D eigenvalue weighted by atomic mass is 9.94. The average molecular weight is 768 g/mol. The molecule has 1 saturated heterocycles. The number of nitrogens with one attached hydrogen (secondary N) is 1. The van der Waals surface area contributed by atoms with Crippen molar-refractivity contribution < 1.29 is 22.7 Å². The smallest absolute Gasteiger partial charge is 0.311 e. The van der Waals surface area contributed by atoms with Crippen LogP contribution in [0.1, 0.15) is 64.5 Å². The number of benzene rings is 2. The molecule has 6 rings (SSSR count). The number of H-pyrrole nitrogens is 1. The number of carbonyl (C=O) groups is 1. The summed E-state index contributed by atoms with van der Waals surface area (Å²) in [6.07, 6.45) is 5.33. The Kier molecular flexibility index (Phi) is 11.8. The minimum atomic E-state index is -3.90. The quantitative estimate of drug-likeness (QED) is 0.0619. The van der Waals surface area contributed by atoms with E-state index in [0.717, 1.165) is 33.5 Å². The van der Waals surface area contributed by atoms with E-state index in [9.17, 15) is 18.0 Å². The van der Waals surface area contributed by atoms with Crippen molar-refractivity contribution in [2.45, 2.75) is 70.1 Å². The summed E-state index contributed by atoms with van der Waals surface area (Å²) in [7, 11) is 0.987. The molecule has 1 atom stereocenters. The molecule has 1 aliphatic rings. The van der Waals surface area contributed by atoms with Crippen LogP contribution in [0.25, 0.3) is 32.9 Å². The molecule has 1 fully saturated rings. The van der Waals surface area contributed by atoms with Gasteiger partial charge in [0, 0.05) is 31.4 Å². The number of aromatic nitrogens is 4. The van der Waals surface area contributed by atoms with Gasteiger partial charge in [0.2, 0.25) is 10.0 Å². The molecule has 3 aromatic heterocycles. The molecule has 15 heteroatoms. The standard InChI is InChI=1S/C36H41N5O6S4/c1-4-9-28-33-34(40(3)39-28)36(43)38-35(37-33)27-21-26(16-17-29(27)46-5-2)51(44,45)41-18-7-6-10-23(11-8-19-41)20-31(42)47-25-14-12-24(13-15-25)30-22-32(48)50-49-30/h12-17,21-23H,4-11,18-20H2,1-3H3,(H,37,38,43). The number of esters is 1. The van der Waals surface area contributed by atoms with Crippen LogP contribution in [0.5, 0.6) is 11.5 Å². The predicted octanol–water partition coefficient (Wildman–Crippen LogP) is 7.76. The van der Waals surface area contributed by atoms with Gasteiger partial charge in [0.25, 0.3) is 5.56 Å². The molecule has 0 radical (unpaired) electrons. The van der Waals surface area contributed by atoms with Crippen molar-refractivity contribution in [2.75, 3.05) is 19.7 Å². The molecule has 1 aliphatic heterocycles. The van der Waals surface area contributed by atoms with E-state index in [4.69, 9.17) is 26.7 Å². The van der Waals surface area contributed by atoms with Crippen LogP contribution in [0.4, 0.5) is 0 Å². The minimum absolute atomic E-state index is 0.0949. The third kappa shape index (κ3) is 8.49. The van der Waals surface area contributed by atoms with Crippen LogP contribution in [-0.4, -0.2) is 58.1 Å². The number of sulfonamides is 1. The van der Waals surface area contributed by atoms with Crippen molar-refractivity contribution in [3.05, 3.63) is 68.4 Å². The molecule has 11 nitrogen and oxygen atoms in total. The summed E-state index contributed by atoms with van der Waals surface area (Å²) in [5.41, 5.74) is 2.62. The van der Waals surface area contributed by atoms with Crippen molar-refractivity contribution in [1.82, 2.24) is 24.1 Å². The zero-order chi connectivity index (χ0) is 36.1. The Morgan fingerprint density at radius 1 is 1.04 bits per heavy atom. The summed E-state index contributed by atoms with van der Waals surface area (Å²) < 4.78 is 43.7. The number of fused-ring (bicyclic) bond motifs is 1. The van der Waals surface area contributed by atoms with Crippen molar-refractivity contribution in [3.63, 3.8) is 0 Å². The van der Waals surface area contributed by atoms with E-state index >= 15 is 0 Å². The van der Waals surface area contributed by atoms with E-state index in [2.05, 4.69) is 10.1 Å². The molecule has 270 valence electrons. The van der Waals surface area contributed by atoms with Crippen molar-refractivity contribution in [3.8, 4) is 33.3 Å². The Hall–Kier alpha value is -3.76. The third-order valence-electron chi connectivity index (χ3n) is 8.97. The van der Waals surface area contributed by atoms with E-state index in [1.807, 2.05) is 32.0 Å². The fourth-order valence-electron chi connectivity index (χ4n) is 6.51. The van der Waals surface area contributed by atoms with Gasteiger partial charge in [0.15, 0.2) is 5.52 Å². The van der Waals surface area contributed by atoms with Crippen LogP contribution in [0, 0.1) is 9.74 Å². The van der Waals surface area contributed by atoms with E-state index in [1.54, 1.807) is 52.0 Å². The first kappa shape index (κ1) is 37.0. The summed E-state index contributed by atoms with van der Waals surface area (Å²) in [4.78, 5) is 34.9. The summed E-state index contributed by atoms with van der Waals surface area (Å²) >= 11 is 5.24. The van der Waals surface area contributed by atoms with E-state index in [1.165, 1.54) is 15.1 Å². The Balaban J connectivity index is 1.15. The number of aryl methyl sites for hydroxylation is 2. The van der Waals surface area contributed by atoms with Gasteiger partial charge in [-0.2, -0.15) is 9.40 Å². The van der Waals surface area contributed by atoms with Crippen LogP contribution in [0.2, 0.25) is 0 Å². The van der Waals surface area contributed by atoms with Gasteiger partial charge in [-0.3, -0.25) is 14.3 Å². The van der Waals surface area contributed by atoms with E-state index in [-0.39, 0.29) is 34.6 Å². The number of hydrogen-bond acceptors (Lipinski definition) is 11. The number of nitrogens with zero attached hydrogens (tertiary/aromatic N) is 4. The van der Waals surface area contributed by atoms with Crippen LogP contribution in [0.3, 0.4) is 0 Å². The van der Waals surface area contributed by atoms with Gasteiger partial charge in [-0.1, -0.05) is 52.7 Å². The summed E-state index contributed by atoms with van der Waals surface area (Å²) in [6, 6.07) is 14.1. The highest BCUT2D eigenvalue weighted by atomic mass is 32.9. The predicted molar refractivity (Wildman–Crippen MR) is 204 cm³/mol. The topological polar surface area (TPSA) is 136 Å². The molecule has 0 aliphatic carbocycles. The highest BCUT2D eigenvalue weighted by Crippen LogP contribution is 2.34. The molecule has 0 saturated carbocycles. The number of rotatable bonds is 11. The fourth-order valence-corrected chi connectivity index (χ4v) is 10.5. The highest BCUT2D eigenvalue weighted by molar-refractivity contribution is 7.89. The molecular weight excluding hydrogens is 727 g/mol. The molecule has 1 N–H and O–H groups in total. The highest BCUT2D eigenvalue weighted by Gasteiger charge is 2.28. The van der Waals surface area contributed by atoms with Crippen molar-refractivity contribution >= 4 is 59.9 Å². The van der Waals surface area contributed by atoms with Gasteiger partial charge < -0.3 is 14.5 Å². The summed E-state index contributed by atoms with van der Waals surface area (Å²) in [5.74, 6) is 0.949. The maximum absolute atomic E-state index is 14.1. The second kappa shape index (κ2) is 16.3. The summed E-state index contributed by atoms with van der Waals surface area (Å²) in [5, 5.41) is 4.50. The molecule has 4 heterocycles. The first-order valence-corrected chi connectivity index (χ1v) is 21.2. The molecule has 1 unspecified atom stereocenters. The Labute approximate surface area is 309 Å². The molecule has 5 aromatic rings. The zero-order valence-electron chi connectivity index (χ0n) is 28.8. The van der Waals surface area contributed by atoms with Gasteiger partial charge in [-0.15, -0.1) is 0 Å². The first-order valence-electron chi connectivity index (χ1n) is 17.2. The van der Waals surface area contributed by atoms with E-state index in [0.29, 0.717) is 79.2 Å². The average Bonchev–Trinajstić information content (AvgIpc) is 3.71. The first-order chi connectivity index (χ1) is 24.6. The zero-order valence-corrected chi connectivity index (χ0v) is 32.1. The third-order valence-corrected chi connectivity index (χ3v) is 13.8. The lowest BCUT2D eigenvalue weighted by molar-refractivity contribution is -0.135. The number of carbonyl (C=O) groups excluding carboxylic acids is 1. The van der Waals surface area contributed by atoms with Crippen LogP contribution < -0.4 is 15.0 Å². The summed E-state index contributed by atoms with van der Waals surface area (Å²) in [6.45, 7) is 4.90. The Morgan fingerprint density at radius 3 is 2.53 bits per heavy atom. The molecule has 0 spiro atoms. The Bertz CT molecular complexity index is 2240. The molecule has 0 bridgehead atoms. The lowest BCUT2D eigenvalue weighted by Crippen LogP contribution is -2.33. The number of aromatic amines is 1. The molecule has 2 aromatic carbocycles. The van der Waals surface area contributed by atoms with Gasteiger partial charge in [-0.25, -0.2) is 13.4 Å². The molecule has 51 heavy (non-hydrogen) atoms. The Morgan fingerprint density at radius 2 is 1.80 bits per heavy atom. The normalized spacial score (nSPS) is 16.0. The fraction of sp³-hybridized carbons (Fsp3) is 0.417. The minimum Gasteiger partial charge on any atom is -0.493 e. The molecule has 0 amide bonds. The number of ether oxygens (including phenoxy) is 2. The van der Waals surface area contributed by atoms with Gasteiger partial charge in [0.1, 0.15) is 26.7 Å². The largest absolute Gasteiger partial charge is 0.493 e. The van der Waals surface area contributed by atoms with Crippen LogP contribution >= 0.6 is 32.9 Å². The lowest BCUT2D eigenvalue weighted by Gasteiger charge is -2.22. The van der Waals surface area contributed by atoms with Crippen molar-refractivity contribution in [2.24, 2.45) is 13.0 Å². The van der Waals surface area contributed by atoms with Gasteiger partial charge >= 0.3 is 5.97 Å². The van der Waals surface area contributed by atoms with Gasteiger partial charge in [0.05, 0.1) is 22.8 Å². The monoisotopic (exact) mass is 767 g/mol. The second-order valence-corrected chi connectivity index (χ2v) is 17.5. The van der Waals surface area contributed by atoms with Gasteiger partial charge in [-0.05, 0) is 99.0 Å². The van der Waals surface area contributed by atoms with E-state index < -0.39 is 10.0 Å². The maximum atomic E-state index is 14.1. The maximum Gasteiger partial charge on any atom is 0.311 e. The van der Waals surface area contributed by atoms with Crippen LogP contribution in [0.15, 0.2) is 58.2 Å². The number of hydrogen-bond donors (Lipinski definition) is 1.